The summed E-state index contributed by atoms with van der Waals surface area (Å²) >= 11 is 2.69. The summed E-state index contributed by atoms with van der Waals surface area (Å²) in [7, 11) is -3.90. The van der Waals surface area contributed by atoms with E-state index in [1.807, 2.05) is 17.5 Å². The summed E-state index contributed by atoms with van der Waals surface area (Å²) < 4.78 is 26.5. The van der Waals surface area contributed by atoms with Crippen molar-refractivity contribution in [2.24, 2.45) is 22.1 Å². The van der Waals surface area contributed by atoms with Gasteiger partial charge in [0, 0.05) is 15.8 Å². The molecule has 1 amide bonds. The average Bonchev–Trinajstić information content (AvgIpc) is 3.42. The molecule has 2 heterocycles. The Bertz CT molecular complexity index is 1140. The quantitative estimate of drug-likeness (QED) is 0.245. The van der Waals surface area contributed by atoms with E-state index in [9.17, 15) is 13.2 Å². The van der Waals surface area contributed by atoms with Crippen LogP contribution in [-0.2, 0) is 19.8 Å². The van der Waals surface area contributed by atoms with Gasteiger partial charge in [0.15, 0.2) is 0 Å². The van der Waals surface area contributed by atoms with Gasteiger partial charge in [0.05, 0.1) is 11.0 Å². The smallest absolute Gasteiger partial charge is 0.282 e. The average molecular weight is 450 g/mol. The van der Waals surface area contributed by atoms with Crippen LogP contribution < -0.4 is 16.2 Å². The van der Waals surface area contributed by atoms with E-state index in [0.29, 0.717) is 5.56 Å². The summed E-state index contributed by atoms with van der Waals surface area (Å²) in [5.41, 5.74) is 0.906. The van der Waals surface area contributed by atoms with Crippen molar-refractivity contribution >= 4 is 50.4 Å². The van der Waals surface area contributed by atoms with Crippen molar-refractivity contribution in [2.75, 3.05) is 4.41 Å². The molecule has 1 aromatic carbocycles. The third kappa shape index (κ3) is 4.93. The largest absolute Gasteiger partial charge is 0.291 e. The zero-order valence-electron chi connectivity index (χ0n) is 14.7. The number of hydrazine groups is 1. The molecule has 0 unspecified atom stereocenters. The number of thiophene rings is 2. The predicted molar refractivity (Wildman–Crippen MR) is 112 cm³/mol. The minimum atomic E-state index is -3.90. The molecule has 0 spiro atoms. The second-order valence-electron chi connectivity index (χ2n) is 5.45. The van der Waals surface area contributed by atoms with E-state index in [0.717, 1.165) is 31.6 Å². The fraction of sp³-hybridized carbons (Fsp3) is 0. The van der Waals surface area contributed by atoms with Crippen molar-refractivity contribution in [3.05, 3.63) is 65.6 Å². The number of amides is 1. The van der Waals surface area contributed by atoms with E-state index in [1.54, 1.807) is 18.2 Å². The molecule has 12 heteroatoms. The highest BCUT2D eigenvalue weighted by molar-refractivity contribution is 7.94. The van der Waals surface area contributed by atoms with Crippen LogP contribution in [0.15, 0.2) is 74.6 Å². The van der Waals surface area contributed by atoms with E-state index in [4.69, 9.17) is 5.84 Å². The molecule has 0 aliphatic carbocycles. The van der Waals surface area contributed by atoms with Crippen molar-refractivity contribution < 1.29 is 18.2 Å². The second-order valence-corrected chi connectivity index (χ2v) is 9.52. The van der Waals surface area contributed by atoms with E-state index in [1.165, 1.54) is 35.6 Å². The molecule has 3 rings (SSSR count). The van der Waals surface area contributed by atoms with Crippen LogP contribution in [0.25, 0.3) is 15.8 Å². The minimum Gasteiger partial charge on any atom is -0.282 e. The highest BCUT2D eigenvalue weighted by Crippen LogP contribution is 2.35. The number of anilines is 1. The fourth-order valence-electron chi connectivity index (χ4n) is 2.24. The van der Waals surface area contributed by atoms with Gasteiger partial charge >= 0.3 is 0 Å². The Kier molecular flexibility index (Phi) is 6.51. The molecule has 0 saturated carbocycles. The molecule has 29 heavy (non-hydrogen) atoms. The first-order chi connectivity index (χ1) is 13.9. The maximum Gasteiger partial charge on any atom is 0.291 e. The number of benzene rings is 1. The molecule has 0 atom stereocenters. The van der Waals surface area contributed by atoms with Crippen LogP contribution in [0.3, 0.4) is 0 Å². The number of carbonyl (C=O) groups is 1. The van der Waals surface area contributed by atoms with E-state index < -0.39 is 15.9 Å². The van der Waals surface area contributed by atoms with Crippen LogP contribution >= 0.6 is 22.7 Å². The maximum atomic E-state index is 12.8. The van der Waals surface area contributed by atoms with Gasteiger partial charge in [-0.25, -0.2) is 10.3 Å². The summed E-state index contributed by atoms with van der Waals surface area (Å²) in [6, 6.07) is 13.4. The SMILES string of the molecule is NON=NC(=O)/C=C/c1ccc(N(N)S(=O)(=O)c2ccc(-c3cccs3)s2)cc1. The number of sulfonamides is 1. The first kappa shape index (κ1) is 20.8. The molecule has 2 aromatic heterocycles. The van der Waals surface area contributed by atoms with Crippen molar-refractivity contribution in [1.82, 2.24) is 0 Å². The van der Waals surface area contributed by atoms with Gasteiger partial charge in [0.25, 0.3) is 15.9 Å². The molecule has 0 radical (unpaired) electrons. The number of nitrogens with two attached hydrogens (primary N) is 2. The van der Waals surface area contributed by atoms with Crippen LogP contribution in [0.2, 0.25) is 0 Å². The number of hydrogen-bond acceptors (Lipinski definition) is 9. The van der Waals surface area contributed by atoms with Crippen LogP contribution in [0.4, 0.5) is 5.69 Å². The molecular formula is C17H15N5O4S3. The van der Waals surface area contributed by atoms with Crippen LogP contribution in [0.1, 0.15) is 5.56 Å². The molecular weight excluding hydrogens is 434 g/mol. The van der Waals surface area contributed by atoms with Crippen LogP contribution in [0.5, 0.6) is 0 Å². The van der Waals surface area contributed by atoms with Crippen LogP contribution in [0, 0.1) is 0 Å². The summed E-state index contributed by atoms with van der Waals surface area (Å²) in [6.45, 7) is 0. The van der Waals surface area contributed by atoms with Gasteiger partial charge in [-0.2, -0.15) is 8.42 Å². The zero-order valence-corrected chi connectivity index (χ0v) is 17.2. The van der Waals surface area contributed by atoms with Gasteiger partial charge in [-0.3, -0.25) is 9.73 Å². The molecule has 4 N–H and O–H groups in total. The normalized spacial score (nSPS) is 11.9. The molecule has 0 aliphatic heterocycles. The molecule has 9 nitrogen and oxygen atoms in total. The second kappa shape index (κ2) is 9.07. The summed E-state index contributed by atoms with van der Waals surface area (Å²) in [4.78, 5) is 17.0. The summed E-state index contributed by atoms with van der Waals surface area (Å²) in [5, 5.41) is 7.97. The Labute approximate surface area is 174 Å². The minimum absolute atomic E-state index is 0.144. The third-order valence-corrected chi connectivity index (χ3v) is 7.81. The van der Waals surface area contributed by atoms with Gasteiger partial charge in [-0.1, -0.05) is 23.3 Å². The Morgan fingerprint density at radius 1 is 1.10 bits per heavy atom. The van der Waals surface area contributed by atoms with E-state index >= 15 is 0 Å². The Morgan fingerprint density at radius 2 is 1.86 bits per heavy atom. The molecule has 3 aromatic rings. The lowest BCUT2D eigenvalue weighted by Crippen LogP contribution is -2.36. The Balaban J connectivity index is 1.75. The van der Waals surface area contributed by atoms with Crippen molar-refractivity contribution in [3.8, 4) is 9.75 Å². The lowest BCUT2D eigenvalue weighted by molar-refractivity contribution is -0.114. The fourth-order valence-corrected chi connectivity index (χ4v) is 5.58. The topological polar surface area (TPSA) is 140 Å². The molecule has 150 valence electrons. The van der Waals surface area contributed by atoms with Crippen LogP contribution in [-0.4, -0.2) is 14.3 Å². The summed E-state index contributed by atoms with van der Waals surface area (Å²) in [5.74, 6) is 9.86. The van der Waals surface area contributed by atoms with Gasteiger partial charge in [0.1, 0.15) is 4.21 Å². The monoisotopic (exact) mass is 449 g/mol. The number of nitrogens with zero attached hydrogens (tertiary/aromatic N) is 3. The van der Waals surface area contributed by atoms with Gasteiger partial charge in [-0.15, -0.1) is 28.6 Å². The van der Waals surface area contributed by atoms with Crippen molar-refractivity contribution in [3.63, 3.8) is 0 Å². The third-order valence-electron chi connectivity index (χ3n) is 3.61. The number of hydrogen-bond donors (Lipinski definition) is 2. The highest BCUT2D eigenvalue weighted by Gasteiger charge is 2.24. The lowest BCUT2D eigenvalue weighted by atomic mass is 10.2. The van der Waals surface area contributed by atoms with Gasteiger partial charge in [-0.05, 0) is 47.4 Å². The Hall–Kier alpha value is -2.90. The molecule has 0 saturated heterocycles. The number of rotatable bonds is 7. The van der Waals surface area contributed by atoms with Crippen molar-refractivity contribution in [1.29, 1.82) is 0 Å². The zero-order chi connectivity index (χ0) is 20.9. The van der Waals surface area contributed by atoms with Gasteiger partial charge in [0.2, 0.25) is 0 Å². The first-order valence-electron chi connectivity index (χ1n) is 7.94. The predicted octanol–water partition coefficient (Wildman–Crippen LogP) is 3.34. The van der Waals surface area contributed by atoms with Crippen molar-refractivity contribution in [2.45, 2.75) is 4.21 Å². The molecule has 0 fully saturated rings. The maximum absolute atomic E-state index is 12.8. The Morgan fingerprint density at radius 3 is 2.52 bits per heavy atom. The van der Waals surface area contributed by atoms with E-state index in [-0.39, 0.29) is 9.90 Å². The molecule has 0 aliphatic rings. The molecule has 0 bridgehead atoms. The van der Waals surface area contributed by atoms with E-state index in [2.05, 4.69) is 21.2 Å². The summed E-state index contributed by atoms with van der Waals surface area (Å²) in [6.07, 6.45) is 2.63. The lowest BCUT2D eigenvalue weighted by Gasteiger charge is -2.17. The highest BCUT2D eigenvalue weighted by atomic mass is 32.2. The standard InChI is InChI=1S/C17H15N5O4S3/c18-22(13-6-3-12(4-7-13)5-9-16(23)20-21-26-19)29(24,25)17-10-8-15(28-17)14-2-1-11-27-14/h1-11H,18-19H2/b9-5+,21-20?. The van der Waals surface area contributed by atoms with Gasteiger partial charge < -0.3 is 0 Å². The first-order valence-corrected chi connectivity index (χ1v) is 11.1. The number of carbonyl (C=O) groups excluding carboxylic acids is 1.